The van der Waals surface area contributed by atoms with Crippen LogP contribution in [0.25, 0.3) is 0 Å². The van der Waals surface area contributed by atoms with Gasteiger partial charge in [0, 0.05) is 15.3 Å². The van der Waals surface area contributed by atoms with Crippen molar-refractivity contribution in [3.63, 3.8) is 0 Å². The second kappa shape index (κ2) is 11.1. The number of phosphoric acid groups is 1. The first-order chi connectivity index (χ1) is 15.4. The number of unbranched alkanes of at least 4 members (excludes halogenated alkanes) is 1. The summed E-state index contributed by atoms with van der Waals surface area (Å²) in [5, 5.41) is 0. The van der Waals surface area contributed by atoms with Crippen molar-refractivity contribution in [3.8, 4) is 0 Å². The lowest BCUT2D eigenvalue weighted by Gasteiger charge is -2.33. The van der Waals surface area contributed by atoms with Crippen LogP contribution >= 0.6 is 19.2 Å². The first-order valence-electron chi connectivity index (χ1n) is 10.3. The Labute approximate surface area is 197 Å². The van der Waals surface area contributed by atoms with E-state index in [9.17, 15) is 40.7 Å². The van der Waals surface area contributed by atoms with Crippen molar-refractivity contribution >= 4 is 19.2 Å². The Balaban J connectivity index is 1.87. The molecular weight excluding hydrogens is 507 g/mol. The summed E-state index contributed by atoms with van der Waals surface area (Å²) in [6, 6.07) is 5.37. The molecule has 2 N–H and O–H groups in total. The number of halogens is 6. The number of thiophene rings is 1. The van der Waals surface area contributed by atoms with Crippen molar-refractivity contribution < 1.29 is 45.2 Å². The summed E-state index contributed by atoms with van der Waals surface area (Å²) in [5.41, 5.74) is 2.29. The topological polar surface area (TPSA) is 98.4 Å². The SMILES string of the molecule is CC(N)(CCc1ccc(CCCCc2cc(C(F)(F)F)cc(C(F)(F)F)c2)s1)COP(=O)([O-])[O-]. The van der Waals surface area contributed by atoms with E-state index in [4.69, 9.17) is 5.73 Å². The Morgan fingerprint density at radius 3 is 1.91 bits per heavy atom. The van der Waals surface area contributed by atoms with E-state index in [2.05, 4.69) is 4.52 Å². The number of hydrogen-bond acceptors (Lipinski definition) is 6. The number of hydrogen-bond donors (Lipinski definition) is 1. The molecule has 0 aliphatic heterocycles. The Morgan fingerprint density at radius 2 is 1.41 bits per heavy atom. The van der Waals surface area contributed by atoms with Gasteiger partial charge in [0.15, 0.2) is 0 Å². The Bertz CT molecular complexity index is 968. The van der Waals surface area contributed by atoms with Gasteiger partial charge in [0.2, 0.25) is 0 Å². The van der Waals surface area contributed by atoms with Crippen molar-refractivity contribution in [1.29, 1.82) is 0 Å². The lowest BCUT2D eigenvalue weighted by molar-refractivity contribution is -0.342. The number of nitrogens with two attached hydrogens (primary N) is 1. The van der Waals surface area contributed by atoms with Gasteiger partial charge in [0.1, 0.15) is 0 Å². The monoisotopic (exact) mass is 531 g/mol. The largest absolute Gasteiger partial charge is 0.790 e. The summed E-state index contributed by atoms with van der Waals surface area (Å²) in [6.07, 6.45) is -7.17. The van der Waals surface area contributed by atoms with Gasteiger partial charge < -0.3 is 24.6 Å². The van der Waals surface area contributed by atoms with E-state index in [1.165, 1.54) is 11.3 Å². The molecule has 0 saturated carbocycles. The quantitative estimate of drug-likeness (QED) is 0.254. The molecule has 0 spiro atoms. The second-order valence-electron chi connectivity index (χ2n) is 8.36. The van der Waals surface area contributed by atoms with E-state index < -0.39 is 43.4 Å². The molecular formula is C21H24F6NO4PS-2. The van der Waals surface area contributed by atoms with Gasteiger partial charge in [0.25, 0.3) is 0 Å². The smallest absolute Gasteiger partial charge is 0.416 e. The molecule has 192 valence electrons. The number of benzene rings is 1. The van der Waals surface area contributed by atoms with Crippen molar-refractivity contribution in [2.75, 3.05) is 6.61 Å². The van der Waals surface area contributed by atoms with Crippen LogP contribution in [0.5, 0.6) is 0 Å². The lowest BCUT2D eigenvalue weighted by Crippen LogP contribution is -2.42. The van der Waals surface area contributed by atoms with E-state index in [-0.39, 0.29) is 18.1 Å². The van der Waals surface area contributed by atoms with Crippen molar-refractivity contribution in [2.24, 2.45) is 5.73 Å². The van der Waals surface area contributed by atoms with Crippen LogP contribution in [-0.4, -0.2) is 12.1 Å². The zero-order valence-electron chi connectivity index (χ0n) is 18.2. The molecule has 13 heteroatoms. The summed E-state index contributed by atoms with van der Waals surface area (Å²) < 4.78 is 92.6. The van der Waals surface area contributed by atoms with Crippen LogP contribution in [0, 0.1) is 0 Å². The maximum atomic E-state index is 13.0. The maximum Gasteiger partial charge on any atom is 0.416 e. The van der Waals surface area contributed by atoms with Crippen molar-refractivity contribution in [1.82, 2.24) is 0 Å². The third-order valence-corrected chi connectivity index (χ3v) is 6.65. The van der Waals surface area contributed by atoms with Gasteiger partial charge in [-0.2, -0.15) is 26.3 Å². The molecule has 1 aromatic carbocycles. The van der Waals surface area contributed by atoms with Gasteiger partial charge in [-0.1, -0.05) is 0 Å². The van der Waals surface area contributed by atoms with E-state index in [0.29, 0.717) is 32.1 Å². The highest BCUT2D eigenvalue weighted by atomic mass is 32.1. The van der Waals surface area contributed by atoms with Gasteiger partial charge in [-0.05, 0) is 81.3 Å². The van der Waals surface area contributed by atoms with Crippen LogP contribution in [-0.2, 0) is 40.7 Å². The lowest BCUT2D eigenvalue weighted by atomic mass is 9.98. The Kier molecular flexibility index (Phi) is 9.40. The normalized spacial score (nSPS) is 14.9. The number of rotatable bonds is 11. The molecule has 5 nitrogen and oxygen atoms in total. The molecule has 1 heterocycles. The highest BCUT2D eigenvalue weighted by Gasteiger charge is 2.36. The predicted molar refractivity (Wildman–Crippen MR) is 112 cm³/mol. The summed E-state index contributed by atoms with van der Waals surface area (Å²) in [4.78, 5) is 23.1. The molecule has 0 saturated heterocycles. The zero-order chi connectivity index (χ0) is 25.8. The van der Waals surface area contributed by atoms with Crippen LogP contribution in [0.4, 0.5) is 26.3 Å². The molecule has 0 aliphatic rings. The molecule has 34 heavy (non-hydrogen) atoms. The van der Waals surface area contributed by atoms with Crippen LogP contribution in [0.2, 0.25) is 0 Å². The van der Waals surface area contributed by atoms with E-state index in [0.717, 1.165) is 21.9 Å². The molecule has 2 aromatic rings. The number of aryl methyl sites for hydroxylation is 3. The summed E-state index contributed by atoms with van der Waals surface area (Å²) in [6.45, 7) is 1.14. The Morgan fingerprint density at radius 1 is 0.912 bits per heavy atom. The molecule has 0 fully saturated rings. The highest BCUT2D eigenvalue weighted by Crippen LogP contribution is 2.36. The molecule has 0 amide bonds. The fourth-order valence-corrected chi connectivity index (χ4v) is 4.70. The van der Waals surface area contributed by atoms with Gasteiger partial charge in [-0.15, -0.1) is 11.3 Å². The van der Waals surface area contributed by atoms with Crippen LogP contribution in [0.15, 0.2) is 30.3 Å². The summed E-state index contributed by atoms with van der Waals surface area (Å²) >= 11 is 1.48. The third-order valence-electron chi connectivity index (χ3n) is 5.00. The number of phosphoric ester groups is 1. The fraction of sp³-hybridized carbons (Fsp3) is 0.524. The molecule has 0 radical (unpaired) electrons. The maximum absolute atomic E-state index is 13.0. The molecule has 0 bridgehead atoms. The van der Waals surface area contributed by atoms with E-state index in [1.807, 2.05) is 12.1 Å². The first-order valence-corrected chi connectivity index (χ1v) is 12.5. The predicted octanol–water partition coefficient (Wildman–Crippen LogP) is 4.85. The molecule has 0 aliphatic carbocycles. The standard InChI is InChI=1S/C21H26F6NO4PS/c1-19(28,13-32-33(29,30)31)9-8-18-7-6-17(34-18)5-3-2-4-14-10-15(20(22,23)24)12-16(11-14)21(25,26)27/h6-7,10-12H,2-5,8-9,13,28H2,1H3,(H2,29,30,31)/p-2. The van der Waals surface area contributed by atoms with Crippen molar-refractivity contribution in [2.45, 2.75) is 63.3 Å². The minimum atomic E-state index is -5.10. The molecule has 1 unspecified atom stereocenters. The fourth-order valence-electron chi connectivity index (χ4n) is 3.19. The third kappa shape index (κ3) is 10.1. The van der Waals surface area contributed by atoms with Gasteiger partial charge in [0.05, 0.1) is 25.6 Å². The molecule has 1 atom stereocenters. The van der Waals surface area contributed by atoms with Gasteiger partial charge in [-0.25, -0.2) is 0 Å². The molecule has 2 rings (SSSR count). The van der Waals surface area contributed by atoms with Gasteiger partial charge >= 0.3 is 12.4 Å². The minimum Gasteiger partial charge on any atom is -0.790 e. The summed E-state index contributed by atoms with van der Waals surface area (Å²) in [5.74, 6) is 0. The van der Waals surface area contributed by atoms with Crippen LogP contribution in [0.3, 0.4) is 0 Å². The van der Waals surface area contributed by atoms with Crippen LogP contribution in [0.1, 0.15) is 52.6 Å². The number of alkyl halides is 6. The average molecular weight is 531 g/mol. The second-order valence-corrected chi connectivity index (χ2v) is 10.8. The summed E-state index contributed by atoms with van der Waals surface area (Å²) in [7, 11) is -5.10. The van der Waals surface area contributed by atoms with Gasteiger partial charge in [-0.3, -0.25) is 0 Å². The first kappa shape index (κ1) is 28.8. The van der Waals surface area contributed by atoms with E-state index >= 15 is 0 Å². The Hall–Kier alpha value is -1.43. The highest BCUT2D eigenvalue weighted by molar-refractivity contribution is 7.43. The average Bonchev–Trinajstić information content (AvgIpc) is 3.14. The minimum absolute atomic E-state index is 0.0147. The van der Waals surface area contributed by atoms with E-state index in [1.54, 1.807) is 6.92 Å². The molecule has 1 aromatic heterocycles. The zero-order valence-corrected chi connectivity index (χ0v) is 19.9. The van der Waals surface area contributed by atoms with Crippen molar-refractivity contribution in [3.05, 3.63) is 56.8 Å². The van der Waals surface area contributed by atoms with Crippen LogP contribution < -0.4 is 15.5 Å².